The van der Waals surface area contributed by atoms with Gasteiger partial charge in [-0.15, -0.1) is 0 Å². The fourth-order valence-electron chi connectivity index (χ4n) is 3.34. The van der Waals surface area contributed by atoms with Gasteiger partial charge in [0.1, 0.15) is 5.82 Å². The number of carbonyl (C=O) groups excluding carboxylic acids is 1. The molecule has 25 heavy (non-hydrogen) atoms. The Hall–Kier alpha value is -2.20. The van der Waals surface area contributed by atoms with Crippen LogP contribution in [0.25, 0.3) is 0 Å². The van der Waals surface area contributed by atoms with Crippen molar-refractivity contribution in [2.75, 3.05) is 19.6 Å². The highest BCUT2D eigenvalue weighted by molar-refractivity contribution is 5.83. The van der Waals surface area contributed by atoms with E-state index in [-0.39, 0.29) is 23.7 Å². The fourth-order valence-corrected chi connectivity index (χ4v) is 3.34. The molecule has 0 saturated carbocycles. The predicted molar refractivity (Wildman–Crippen MR) is 97.8 cm³/mol. The molecular formula is C21H25FN2O. The van der Waals surface area contributed by atoms with Crippen molar-refractivity contribution >= 4 is 5.91 Å². The van der Waals surface area contributed by atoms with Crippen LogP contribution in [0, 0.1) is 5.82 Å². The molecule has 1 heterocycles. The third-order valence-corrected chi connectivity index (χ3v) is 4.92. The number of benzene rings is 2. The maximum atomic E-state index is 13.1. The third-order valence-electron chi connectivity index (χ3n) is 4.92. The van der Waals surface area contributed by atoms with E-state index in [9.17, 15) is 9.18 Å². The lowest BCUT2D eigenvalue weighted by atomic mass is 9.99. The average molecular weight is 340 g/mol. The van der Waals surface area contributed by atoms with Gasteiger partial charge in [0.2, 0.25) is 5.91 Å². The van der Waals surface area contributed by atoms with Gasteiger partial charge in [0, 0.05) is 6.54 Å². The molecule has 1 unspecified atom stereocenters. The highest BCUT2D eigenvalue weighted by Gasteiger charge is 2.23. The Bertz CT molecular complexity index is 681. The minimum Gasteiger partial charge on any atom is -0.347 e. The van der Waals surface area contributed by atoms with Gasteiger partial charge in [-0.05, 0) is 56.1 Å². The summed E-state index contributed by atoms with van der Waals surface area (Å²) in [5.41, 5.74) is 1.95. The summed E-state index contributed by atoms with van der Waals surface area (Å²) in [6.07, 6.45) is 2.45. The van der Waals surface area contributed by atoms with Gasteiger partial charge in [-0.3, -0.25) is 4.79 Å². The molecule has 1 amide bonds. The number of rotatable bonds is 6. The predicted octanol–water partition coefficient (Wildman–Crippen LogP) is 3.88. The van der Waals surface area contributed by atoms with Gasteiger partial charge in [-0.1, -0.05) is 42.5 Å². The third kappa shape index (κ3) is 4.67. The summed E-state index contributed by atoms with van der Waals surface area (Å²) in [7, 11) is 0. The van der Waals surface area contributed by atoms with E-state index < -0.39 is 0 Å². The minimum atomic E-state index is -0.314. The Morgan fingerprint density at radius 1 is 1.04 bits per heavy atom. The lowest BCUT2D eigenvalue weighted by molar-refractivity contribution is -0.123. The molecule has 1 aliphatic rings. The molecule has 4 heteroatoms. The van der Waals surface area contributed by atoms with Crippen molar-refractivity contribution in [2.45, 2.75) is 31.7 Å². The van der Waals surface area contributed by atoms with Gasteiger partial charge in [0.15, 0.2) is 0 Å². The SMILES string of the molecule is CC(C(=O)N[C@H](CN1CCCC1)c1ccccc1)c1ccc(F)cc1. The highest BCUT2D eigenvalue weighted by atomic mass is 19.1. The number of hydrogen-bond acceptors (Lipinski definition) is 2. The van der Waals surface area contributed by atoms with Crippen LogP contribution in [0.1, 0.15) is 42.9 Å². The first-order valence-electron chi connectivity index (χ1n) is 8.96. The molecule has 1 N–H and O–H groups in total. The Morgan fingerprint density at radius 2 is 1.68 bits per heavy atom. The second-order valence-electron chi connectivity index (χ2n) is 6.75. The van der Waals surface area contributed by atoms with Crippen LogP contribution in [0.15, 0.2) is 54.6 Å². The smallest absolute Gasteiger partial charge is 0.227 e. The number of nitrogens with one attached hydrogen (secondary N) is 1. The molecule has 0 aliphatic carbocycles. The van der Waals surface area contributed by atoms with E-state index in [2.05, 4.69) is 22.3 Å². The van der Waals surface area contributed by atoms with Gasteiger partial charge in [-0.2, -0.15) is 0 Å². The van der Waals surface area contributed by atoms with Gasteiger partial charge >= 0.3 is 0 Å². The van der Waals surface area contributed by atoms with E-state index in [1.165, 1.54) is 25.0 Å². The standard InChI is InChI=1S/C21H25FN2O/c1-16(17-9-11-19(22)12-10-17)21(25)23-20(15-24-13-5-6-14-24)18-7-3-2-4-8-18/h2-4,7-12,16,20H,5-6,13-15H2,1H3,(H,23,25)/t16?,20-/m1/s1. The van der Waals surface area contributed by atoms with Crippen molar-refractivity contribution in [2.24, 2.45) is 0 Å². The normalized spacial score (nSPS) is 17.2. The maximum Gasteiger partial charge on any atom is 0.227 e. The summed E-state index contributed by atoms with van der Waals surface area (Å²) in [6, 6.07) is 16.2. The molecule has 2 aromatic carbocycles. The first-order valence-corrected chi connectivity index (χ1v) is 8.96. The van der Waals surface area contributed by atoms with Crippen molar-refractivity contribution in [3.63, 3.8) is 0 Å². The van der Waals surface area contributed by atoms with E-state index in [0.29, 0.717) is 0 Å². The van der Waals surface area contributed by atoms with Gasteiger partial charge in [0.25, 0.3) is 0 Å². The van der Waals surface area contributed by atoms with Crippen molar-refractivity contribution in [1.29, 1.82) is 0 Å². The molecule has 3 rings (SSSR count). The van der Waals surface area contributed by atoms with E-state index >= 15 is 0 Å². The molecule has 132 valence electrons. The number of hydrogen-bond donors (Lipinski definition) is 1. The number of likely N-dealkylation sites (tertiary alicyclic amines) is 1. The maximum absolute atomic E-state index is 13.1. The number of amides is 1. The van der Waals surface area contributed by atoms with E-state index in [4.69, 9.17) is 0 Å². The molecule has 1 saturated heterocycles. The number of halogens is 1. The van der Waals surface area contributed by atoms with Crippen LogP contribution in [0.5, 0.6) is 0 Å². The van der Waals surface area contributed by atoms with Crippen LogP contribution in [0.3, 0.4) is 0 Å². The molecular weight excluding hydrogens is 315 g/mol. The van der Waals surface area contributed by atoms with E-state index in [1.54, 1.807) is 12.1 Å². The van der Waals surface area contributed by atoms with E-state index in [0.717, 1.165) is 30.8 Å². The molecule has 0 spiro atoms. The van der Waals surface area contributed by atoms with Crippen LogP contribution in [-0.2, 0) is 4.79 Å². The van der Waals surface area contributed by atoms with Crippen molar-refractivity contribution in [1.82, 2.24) is 10.2 Å². The molecule has 1 fully saturated rings. The summed E-state index contributed by atoms with van der Waals surface area (Å²) in [5, 5.41) is 3.20. The van der Waals surface area contributed by atoms with Crippen LogP contribution >= 0.6 is 0 Å². The average Bonchev–Trinajstić information content (AvgIpc) is 3.15. The largest absolute Gasteiger partial charge is 0.347 e. The van der Waals surface area contributed by atoms with E-state index in [1.807, 2.05) is 25.1 Å². The molecule has 1 aliphatic heterocycles. The monoisotopic (exact) mass is 340 g/mol. The minimum absolute atomic E-state index is 0.0281. The molecule has 3 nitrogen and oxygen atoms in total. The van der Waals surface area contributed by atoms with Crippen LogP contribution in [0.4, 0.5) is 4.39 Å². The Balaban J connectivity index is 1.72. The quantitative estimate of drug-likeness (QED) is 0.865. The lowest BCUT2D eigenvalue weighted by Gasteiger charge is -2.26. The molecule has 0 aromatic heterocycles. The van der Waals surface area contributed by atoms with Gasteiger partial charge in [0.05, 0.1) is 12.0 Å². The van der Waals surface area contributed by atoms with Crippen LogP contribution in [0.2, 0.25) is 0 Å². The van der Waals surface area contributed by atoms with Crippen LogP contribution in [-0.4, -0.2) is 30.4 Å². The first-order chi connectivity index (χ1) is 12.1. The zero-order valence-electron chi connectivity index (χ0n) is 14.6. The zero-order chi connectivity index (χ0) is 17.6. The second-order valence-corrected chi connectivity index (χ2v) is 6.75. The summed E-state index contributed by atoms with van der Waals surface area (Å²) >= 11 is 0. The molecule has 0 bridgehead atoms. The number of nitrogens with zero attached hydrogens (tertiary/aromatic N) is 1. The summed E-state index contributed by atoms with van der Waals surface area (Å²) in [5.74, 6) is -0.627. The van der Waals surface area contributed by atoms with Crippen molar-refractivity contribution in [3.05, 3.63) is 71.5 Å². The fraction of sp³-hybridized carbons (Fsp3) is 0.381. The summed E-state index contributed by atoms with van der Waals surface area (Å²) in [4.78, 5) is 15.2. The summed E-state index contributed by atoms with van der Waals surface area (Å²) in [6.45, 7) is 4.87. The number of carbonyl (C=O) groups is 1. The Morgan fingerprint density at radius 3 is 2.32 bits per heavy atom. The molecule has 2 atom stereocenters. The summed E-state index contributed by atoms with van der Waals surface area (Å²) < 4.78 is 13.1. The van der Waals surface area contributed by atoms with Crippen LogP contribution < -0.4 is 5.32 Å². The highest BCUT2D eigenvalue weighted by Crippen LogP contribution is 2.21. The lowest BCUT2D eigenvalue weighted by Crippen LogP contribution is -2.38. The zero-order valence-corrected chi connectivity index (χ0v) is 14.6. The first kappa shape index (κ1) is 17.6. The molecule has 0 radical (unpaired) electrons. The molecule has 2 aromatic rings. The topological polar surface area (TPSA) is 32.3 Å². The van der Waals surface area contributed by atoms with Crippen molar-refractivity contribution in [3.8, 4) is 0 Å². The van der Waals surface area contributed by atoms with Gasteiger partial charge < -0.3 is 10.2 Å². The Labute approximate surface area is 148 Å². The van der Waals surface area contributed by atoms with Crippen molar-refractivity contribution < 1.29 is 9.18 Å². The second kappa shape index (κ2) is 8.26. The Kier molecular flexibility index (Phi) is 5.82. The van der Waals surface area contributed by atoms with Gasteiger partial charge in [-0.25, -0.2) is 4.39 Å².